The third-order valence-corrected chi connectivity index (χ3v) is 7.08. The van der Waals surface area contributed by atoms with Crippen LogP contribution in [0.25, 0.3) is 0 Å². The lowest BCUT2D eigenvalue weighted by molar-refractivity contribution is -0.734. The van der Waals surface area contributed by atoms with Gasteiger partial charge in [-0.3, -0.25) is 19.3 Å². The summed E-state index contributed by atoms with van der Waals surface area (Å²) in [4.78, 5) is 42.0. The molecule has 31 heavy (non-hydrogen) atoms. The third kappa shape index (κ3) is 2.92. The van der Waals surface area contributed by atoms with Gasteiger partial charge in [0.05, 0.1) is 5.69 Å². The van der Waals surface area contributed by atoms with Crippen LogP contribution < -0.4 is 10.6 Å². The van der Waals surface area contributed by atoms with Gasteiger partial charge in [0.25, 0.3) is 5.91 Å². The summed E-state index contributed by atoms with van der Waals surface area (Å²) in [5, 5.41) is 4.99. The molecule has 0 unspecified atom stereocenters. The second-order valence-electron chi connectivity index (χ2n) is 9.40. The molecule has 2 saturated heterocycles. The fourth-order valence-corrected chi connectivity index (χ4v) is 5.85. The van der Waals surface area contributed by atoms with Crippen LogP contribution in [0, 0.1) is 17.8 Å². The van der Waals surface area contributed by atoms with E-state index in [4.69, 9.17) is 0 Å². The summed E-state index contributed by atoms with van der Waals surface area (Å²) in [6.07, 6.45) is 1.40. The lowest BCUT2D eigenvalue weighted by Crippen LogP contribution is -2.99. The van der Waals surface area contributed by atoms with Gasteiger partial charge >= 0.3 is 0 Å². The van der Waals surface area contributed by atoms with Crippen molar-refractivity contribution in [1.29, 1.82) is 0 Å². The number of likely N-dealkylation sites (tertiary alicyclic amines) is 1. The van der Waals surface area contributed by atoms with Gasteiger partial charge in [-0.2, -0.15) is 0 Å². The predicted molar refractivity (Wildman–Crippen MR) is 116 cm³/mol. The smallest absolute Gasteiger partial charge is 0.291 e. The van der Waals surface area contributed by atoms with E-state index >= 15 is 0 Å². The lowest BCUT2D eigenvalue weighted by atomic mass is 9.76. The van der Waals surface area contributed by atoms with Crippen LogP contribution in [-0.4, -0.2) is 35.2 Å². The number of quaternary nitrogens is 1. The van der Waals surface area contributed by atoms with E-state index in [0.29, 0.717) is 18.9 Å². The van der Waals surface area contributed by atoms with Crippen molar-refractivity contribution in [1.82, 2.24) is 4.90 Å². The first-order valence-corrected chi connectivity index (χ1v) is 11.1. The zero-order valence-corrected chi connectivity index (χ0v) is 17.9. The molecule has 5 rings (SSSR count). The highest BCUT2D eigenvalue weighted by atomic mass is 16.2. The van der Waals surface area contributed by atoms with Crippen LogP contribution in [0.5, 0.6) is 0 Å². The fraction of sp³-hybridized carbons (Fsp3) is 0.400. The average Bonchev–Trinajstić information content (AvgIpc) is 3.32. The van der Waals surface area contributed by atoms with E-state index < -0.39 is 17.4 Å². The molecule has 0 aromatic heterocycles. The van der Waals surface area contributed by atoms with Crippen LogP contribution in [0.3, 0.4) is 0 Å². The molecule has 3 N–H and O–H groups in total. The zero-order valence-electron chi connectivity index (χ0n) is 17.9. The van der Waals surface area contributed by atoms with Gasteiger partial charge in [0.1, 0.15) is 17.9 Å². The molecule has 2 aromatic carbocycles. The van der Waals surface area contributed by atoms with Crippen molar-refractivity contribution < 1.29 is 19.7 Å². The molecule has 2 aromatic rings. The first-order chi connectivity index (χ1) is 14.9. The predicted octanol–water partition coefficient (Wildman–Crippen LogP) is 1.67. The molecule has 4 atom stereocenters. The molecule has 6 nitrogen and oxygen atoms in total. The molecule has 1 spiro atoms. The number of hydrogen-bond acceptors (Lipinski definition) is 3. The highest BCUT2D eigenvalue weighted by Gasteiger charge is 2.73. The largest absolute Gasteiger partial charge is 0.326 e. The first kappa shape index (κ1) is 19.9. The van der Waals surface area contributed by atoms with Crippen molar-refractivity contribution in [2.75, 3.05) is 11.9 Å². The van der Waals surface area contributed by atoms with Crippen LogP contribution in [0.4, 0.5) is 5.69 Å². The number of imide groups is 1. The average molecular weight is 419 g/mol. The van der Waals surface area contributed by atoms with Crippen LogP contribution >= 0.6 is 0 Å². The van der Waals surface area contributed by atoms with E-state index in [1.54, 1.807) is 0 Å². The second-order valence-corrected chi connectivity index (χ2v) is 9.40. The number of rotatable bonds is 5. The van der Waals surface area contributed by atoms with E-state index in [1.807, 2.05) is 59.9 Å². The number of para-hydroxylation sites is 1. The van der Waals surface area contributed by atoms with Crippen molar-refractivity contribution in [3.8, 4) is 0 Å². The molecule has 3 aliphatic rings. The standard InChI is InChI=1S/C25H27N3O3/c1-15(2)14-19-20-21(25(27-19)17-10-6-7-11-18(17)26-24(25)31)23(30)28(22(20)29)13-12-16-8-4-3-5-9-16/h3-11,15,19-21,27H,12-14H2,1-2H3,(H,26,31)/p+1/t19-,20+,21-,25-/m0/s1. The Labute approximate surface area is 182 Å². The SMILES string of the molecule is CC(C)C[C@@H]1[NH2+][C@]2(C(=O)Nc3ccccc32)[C@@H]2C(=O)N(CCc3ccccc3)C(=O)[C@H]12. The number of benzene rings is 2. The summed E-state index contributed by atoms with van der Waals surface area (Å²) in [6, 6.07) is 17.3. The summed E-state index contributed by atoms with van der Waals surface area (Å²) in [6.45, 7) is 4.58. The van der Waals surface area contributed by atoms with Crippen LogP contribution in [0.1, 0.15) is 31.4 Å². The van der Waals surface area contributed by atoms with Crippen molar-refractivity contribution in [2.24, 2.45) is 17.8 Å². The molecule has 0 aliphatic carbocycles. The monoisotopic (exact) mass is 418 g/mol. The molecule has 0 saturated carbocycles. The molecule has 0 radical (unpaired) electrons. The quantitative estimate of drug-likeness (QED) is 0.725. The van der Waals surface area contributed by atoms with Gasteiger partial charge in [0, 0.05) is 18.5 Å². The van der Waals surface area contributed by atoms with Gasteiger partial charge in [-0.15, -0.1) is 0 Å². The number of nitrogens with two attached hydrogens (primary N) is 1. The number of anilines is 1. The fourth-order valence-electron chi connectivity index (χ4n) is 5.85. The topological polar surface area (TPSA) is 83.1 Å². The van der Waals surface area contributed by atoms with Gasteiger partial charge in [-0.05, 0) is 24.0 Å². The van der Waals surface area contributed by atoms with Gasteiger partial charge < -0.3 is 10.6 Å². The minimum atomic E-state index is -1.06. The molecule has 3 amide bonds. The maximum atomic E-state index is 13.7. The second kappa shape index (κ2) is 7.31. The number of fused-ring (bicyclic) bond motifs is 4. The van der Waals surface area contributed by atoms with Crippen molar-refractivity contribution in [2.45, 2.75) is 38.3 Å². The van der Waals surface area contributed by atoms with Gasteiger partial charge in [0.2, 0.25) is 17.4 Å². The number of hydrogen-bond donors (Lipinski definition) is 2. The summed E-state index contributed by atoms with van der Waals surface area (Å²) in [5.41, 5.74) is 1.60. The molecule has 160 valence electrons. The minimum Gasteiger partial charge on any atom is -0.326 e. The highest BCUT2D eigenvalue weighted by molar-refractivity contribution is 6.13. The van der Waals surface area contributed by atoms with E-state index in [9.17, 15) is 14.4 Å². The summed E-state index contributed by atoms with van der Waals surface area (Å²) in [7, 11) is 0. The number of nitrogens with one attached hydrogen (secondary N) is 1. The Hall–Kier alpha value is -2.99. The van der Waals surface area contributed by atoms with Gasteiger partial charge in [-0.1, -0.05) is 62.4 Å². The Kier molecular flexibility index (Phi) is 4.70. The van der Waals surface area contributed by atoms with E-state index in [-0.39, 0.29) is 23.8 Å². The zero-order chi connectivity index (χ0) is 21.8. The first-order valence-electron chi connectivity index (χ1n) is 11.1. The van der Waals surface area contributed by atoms with Gasteiger partial charge in [0.15, 0.2) is 0 Å². The molecule has 0 bridgehead atoms. The highest BCUT2D eigenvalue weighted by Crippen LogP contribution is 2.49. The number of carbonyl (C=O) groups excluding carboxylic acids is 3. The summed E-state index contributed by atoms with van der Waals surface area (Å²) in [5.74, 6) is -1.29. The Balaban J connectivity index is 1.53. The van der Waals surface area contributed by atoms with Crippen molar-refractivity contribution >= 4 is 23.4 Å². The maximum Gasteiger partial charge on any atom is 0.291 e. The molecular weight excluding hydrogens is 390 g/mol. The summed E-state index contributed by atoms with van der Waals surface area (Å²) >= 11 is 0. The Bertz CT molecular complexity index is 1050. The maximum absolute atomic E-state index is 13.7. The van der Waals surface area contributed by atoms with Crippen LogP contribution in [-0.2, 0) is 26.3 Å². The number of nitrogens with zero attached hydrogens (tertiary/aromatic N) is 1. The Morgan fingerprint density at radius 1 is 1.00 bits per heavy atom. The molecule has 3 aliphatic heterocycles. The number of carbonyl (C=O) groups is 3. The molecule has 6 heteroatoms. The molecule has 3 heterocycles. The number of amides is 3. The van der Waals surface area contributed by atoms with E-state index in [0.717, 1.165) is 23.2 Å². The lowest BCUT2D eigenvalue weighted by Gasteiger charge is -2.26. The van der Waals surface area contributed by atoms with Crippen LogP contribution in [0.2, 0.25) is 0 Å². The molecular formula is C25H28N3O3+. The Morgan fingerprint density at radius 2 is 1.71 bits per heavy atom. The summed E-state index contributed by atoms with van der Waals surface area (Å²) < 4.78 is 0. The van der Waals surface area contributed by atoms with Crippen LogP contribution in [0.15, 0.2) is 54.6 Å². The molecule has 2 fully saturated rings. The van der Waals surface area contributed by atoms with E-state index in [2.05, 4.69) is 19.2 Å². The van der Waals surface area contributed by atoms with Gasteiger partial charge in [-0.25, -0.2) is 0 Å². The third-order valence-electron chi connectivity index (χ3n) is 7.08. The van der Waals surface area contributed by atoms with Crippen molar-refractivity contribution in [3.05, 3.63) is 65.7 Å². The van der Waals surface area contributed by atoms with E-state index in [1.165, 1.54) is 4.90 Å². The Morgan fingerprint density at radius 3 is 2.45 bits per heavy atom. The normalized spacial score (nSPS) is 29.1. The van der Waals surface area contributed by atoms with Crippen molar-refractivity contribution in [3.63, 3.8) is 0 Å². The minimum absolute atomic E-state index is 0.0971.